The summed E-state index contributed by atoms with van der Waals surface area (Å²) in [6, 6.07) is 2.67. The molecule has 1 aliphatic heterocycles. The number of esters is 1. The van der Waals surface area contributed by atoms with Gasteiger partial charge in [-0.05, 0) is 44.2 Å². The lowest BCUT2D eigenvalue weighted by Crippen LogP contribution is -2.32. The fraction of sp³-hybridized carbons (Fsp3) is 0.529. The van der Waals surface area contributed by atoms with Crippen LogP contribution in [-0.2, 0) is 28.9 Å². The molecule has 124 valence electrons. The SMILES string of the molecule is CC(C)OC(=O)Cc1nc(CN2CCc3sccc3[C@H]2C)cs1. The highest BCUT2D eigenvalue weighted by molar-refractivity contribution is 7.10. The molecule has 0 N–H and O–H groups in total. The molecular formula is C17H22N2O2S2. The van der Waals surface area contributed by atoms with Gasteiger partial charge in [0.25, 0.3) is 0 Å². The molecule has 0 saturated carbocycles. The van der Waals surface area contributed by atoms with Crippen molar-refractivity contribution in [1.82, 2.24) is 9.88 Å². The number of nitrogens with zero attached hydrogens (tertiary/aromatic N) is 2. The highest BCUT2D eigenvalue weighted by Crippen LogP contribution is 2.33. The Hall–Kier alpha value is -1.24. The Balaban J connectivity index is 1.60. The lowest BCUT2D eigenvalue weighted by atomic mass is 10.0. The van der Waals surface area contributed by atoms with Gasteiger partial charge in [-0.2, -0.15) is 0 Å². The molecule has 0 radical (unpaired) electrons. The summed E-state index contributed by atoms with van der Waals surface area (Å²) in [6.07, 6.45) is 1.32. The highest BCUT2D eigenvalue weighted by atomic mass is 32.1. The summed E-state index contributed by atoms with van der Waals surface area (Å²) in [4.78, 5) is 20.3. The molecule has 2 aromatic rings. The number of thiophene rings is 1. The lowest BCUT2D eigenvalue weighted by molar-refractivity contribution is -0.146. The third kappa shape index (κ3) is 4.00. The summed E-state index contributed by atoms with van der Waals surface area (Å²) in [5.41, 5.74) is 2.50. The van der Waals surface area contributed by atoms with Crippen LogP contribution in [0.5, 0.6) is 0 Å². The molecule has 3 rings (SSSR count). The van der Waals surface area contributed by atoms with Crippen LogP contribution in [0.1, 0.15) is 48.0 Å². The number of carbonyl (C=O) groups is 1. The largest absolute Gasteiger partial charge is 0.463 e. The van der Waals surface area contributed by atoms with Crippen LogP contribution in [0.2, 0.25) is 0 Å². The van der Waals surface area contributed by atoms with Gasteiger partial charge in [0, 0.05) is 29.4 Å². The quantitative estimate of drug-likeness (QED) is 0.769. The summed E-state index contributed by atoms with van der Waals surface area (Å²) in [5, 5.41) is 5.09. The van der Waals surface area contributed by atoms with Crippen molar-refractivity contribution in [3.8, 4) is 0 Å². The zero-order chi connectivity index (χ0) is 16.4. The topological polar surface area (TPSA) is 42.4 Å². The molecule has 0 amide bonds. The zero-order valence-electron chi connectivity index (χ0n) is 13.7. The molecule has 6 heteroatoms. The Kier molecular flexibility index (Phi) is 5.14. The third-order valence-corrected chi connectivity index (χ3v) is 5.93. The van der Waals surface area contributed by atoms with Crippen LogP contribution in [-0.4, -0.2) is 28.5 Å². The van der Waals surface area contributed by atoms with Crippen molar-refractivity contribution in [3.63, 3.8) is 0 Å². The summed E-state index contributed by atoms with van der Waals surface area (Å²) in [7, 11) is 0. The van der Waals surface area contributed by atoms with Crippen molar-refractivity contribution in [2.75, 3.05) is 6.54 Å². The standard InChI is InChI=1S/C17H22N2O2S2/c1-11(2)21-17(20)8-16-18-13(10-23-16)9-19-6-4-15-14(12(19)3)5-7-22-15/h5,7,10-12H,4,6,8-9H2,1-3H3/t12-/m1/s1. The smallest absolute Gasteiger partial charge is 0.312 e. The van der Waals surface area contributed by atoms with E-state index in [0.717, 1.165) is 30.2 Å². The molecule has 0 aliphatic carbocycles. The van der Waals surface area contributed by atoms with E-state index < -0.39 is 0 Å². The Morgan fingerprint density at radius 1 is 1.48 bits per heavy atom. The number of hydrogen-bond acceptors (Lipinski definition) is 6. The molecular weight excluding hydrogens is 328 g/mol. The molecule has 0 spiro atoms. The Morgan fingerprint density at radius 2 is 2.30 bits per heavy atom. The molecule has 4 nitrogen and oxygen atoms in total. The first kappa shape index (κ1) is 16.6. The summed E-state index contributed by atoms with van der Waals surface area (Å²) < 4.78 is 5.18. The van der Waals surface area contributed by atoms with E-state index in [9.17, 15) is 4.79 Å². The molecule has 3 heterocycles. The third-order valence-electron chi connectivity index (χ3n) is 4.03. The molecule has 2 aromatic heterocycles. The van der Waals surface area contributed by atoms with Crippen LogP contribution >= 0.6 is 22.7 Å². The van der Waals surface area contributed by atoms with Crippen LogP contribution in [0.25, 0.3) is 0 Å². The maximum absolute atomic E-state index is 11.7. The second kappa shape index (κ2) is 7.11. The van der Waals surface area contributed by atoms with E-state index in [1.165, 1.54) is 10.4 Å². The van der Waals surface area contributed by atoms with Crippen LogP contribution in [0, 0.1) is 0 Å². The van der Waals surface area contributed by atoms with Gasteiger partial charge in [0.1, 0.15) is 5.01 Å². The van der Waals surface area contributed by atoms with Crippen LogP contribution < -0.4 is 0 Å². The number of rotatable bonds is 5. The first-order valence-electron chi connectivity index (χ1n) is 7.96. The van der Waals surface area contributed by atoms with Crippen molar-refractivity contribution < 1.29 is 9.53 Å². The first-order chi connectivity index (χ1) is 11.0. The number of hydrogen-bond donors (Lipinski definition) is 0. The van der Waals surface area contributed by atoms with Gasteiger partial charge in [0.15, 0.2) is 0 Å². The van der Waals surface area contributed by atoms with Gasteiger partial charge in [0.05, 0.1) is 18.2 Å². The second-order valence-corrected chi connectivity index (χ2v) is 8.09. The van der Waals surface area contributed by atoms with Gasteiger partial charge in [-0.25, -0.2) is 4.98 Å². The summed E-state index contributed by atoms with van der Waals surface area (Å²) in [5.74, 6) is -0.199. The van der Waals surface area contributed by atoms with Gasteiger partial charge in [-0.1, -0.05) is 0 Å². The average Bonchev–Trinajstić information content (AvgIpc) is 3.10. The van der Waals surface area contributed by atoms with Crippen molar-refractivity contribution in [2.24, 2.45) is 0 Å². The monoisotopic (exact) mass is 350 g/mol. The van der Waals surface area contributed by atoms with E-state index in [4.69, 9.17) is 4.74 Å². The molecule has 0 unspecified atom stereocenters. The Labute approximate surface area is 145 Å². The minimum absolute atomic E-state index is 0.0732. The highest BCUT2D eigenvalue weighted by Gasteiger charge is 2.25. The number of aromatic nitrogens is 1. The molecule has 1 atom stereocenters. The van der Waals surface area contributed by atoms with E-state index >= 15 is 0 Å². The van der Waals surface area contributed by atoms with Gasteiger partial charge >= 0.3 is 5.97 Å². The number of carbonyl (C=O) groups excluding carboxylic acids is 1. The molecule has 23 heavy (non-hydrogen) atoms. The van der Waals surface area contributed by atoms with Gasteiger partial charge in [0.2, 0.25) is 0 Å². The minimum atomic E-state index is -0.199. The van der Waals surface area contributed by atoms with Gasteiger partial charge < -0.3 is 4.74 Å². The van der Waals surface area contributed by atoms with E-state index in [-0.39, 0.29) is 18.5 Å². The van der Waals surface area contributed by atoms with Crippen molar-refractivity contribution >= 4 is 28.6 Å². The van der Waals surface area contributed by atoms with Crippen LogP contribution in [0.4, 0.5) is 0 Å². The van der Waals surface area contributed by atoms with E-state index in [2.05, 4.69) is 33.6 Å². The predicted octanol–water partition coefficient (Wildman–Crippen LogP) is 3.82. The second-order valence-electron chi connectivity index (χ2n) is 6.14. The average molecular weight is 351 g/mol. The maximum Gasteiger partial charge on any atom is 0.312 e. The van der Waals surface area contributed by atoms with E-state index in [1.807, 2.05) is 25.2 Å². The van der Waals surface area contributed by atoms with Crippen molar-refractivity contribution in [1.29, 1.82) is 0 Å². The Morgan fingerprint density at radius 3 is 3.09 bits per heavy atom. The first-order valence-corrected chi connectivity index (χ1v) is 9.72. The van der Waals surface area contributed by atoms with E-state index in [0.29, 0.717) is 6.04 Å². The van der Waals surface area contributed by atoms with Crippen LogP contribution in [0.15, 0.2) is 16.8 Å². The lowest BCUT2D eigenvalue weighted by Gasteiger charge is -2.32. The maximum atomic E-state index is 11.7. The Bertz CT molecular complexity index is 678. The molecule has 0 aromatic carbocycles. The predicted molar refractivity (Wildman–Crippen MR) is 93.9 cm³/mol. The van der Waals surface area contributed by atoms with E-state index in [1.54, 1.807) is 11.3 Å². The molecule has 1 aliphatic rings. The number of fused-ring (bicyclic) bond motifs is 1. The molecule has 0 fully saturated rings. The van der Waals surface area contributed by atoms with Gasteiger partial charge in [-0.3, -0.25) is 9.69 Å². The molecule has 0 saturated heterocycles. The summed E-state index contributed by atoms with van der Waals surface area (Å²) in [6.45, 7) is 7.89. The van der Waals surface area contributed by atoms with Crippen molar-refractivity contribution in [3.05, 3.63) is 38.0 Å². The van der Waals surface area contributed by atoms with Crippen LogP contribution in [0.3, 0.4) is 0 Å². The van der Waals surface area contributed by atoms with Gasteiger partial charge in [-0.15, -0.1) is 22.7 Å². The fourth-order valence-electron chi connectivity index (χ4n) is 2.92. The number of ether oxygens (including phenoxy) is 1. The fourth-order valence-corrected chi connectivity index (χ4v) is 4.65. The minimum Gasteiger partial charge on any atom is -0.463 e. The summed E-state index contributed by atoms with van der Waals surface area (Å²) >= 11 is 3.41. The molecule has 0 bridgehead atoms. The zero-order valence-corrected chi connectivity index (χ0v) is 15.4. The normalized spacial score (nSPS) is 18.2. The van der Waals surface area contributed by atoms with Crippen molar-refractivity contribution in [2.45, 2.75) is 52.3 Å². The number of thiazole rings is 1.